The first kappa shape index (κ1) is 11.5. The summed E-state index contributed by atoms with van der Waals surface area (Å²) in [5.41, 5.74) is 1.76. The van der Waals surface area contributed by atoms with Crippen LogP contribution in [0.3, 0.4) is 0 Å². The summed E-state index contributed by atoms with van der Waals surface area (Å²) >= 11 is 3.33. The van der Waals surface area contributed by atoms with Gasteiger partial charge < -0.3 is 10.6 Å². The second-order valence-corrected chi connectivity index (χ2v) is 4.72. The first-order valence-corrected chi connectivity index (χ1v) is 6.12. The molecule has 16 heavy (non-hydrogen) atoms. The molecule has 0 aliphatic carbocycles. The van der Waals surface area contributed by atoms with Gasteiger partial charge in [-0.15, -0.1) is 0 Å². The van der Waals surface area contributed by atoms with Crippen LogP contribution < -0.4 is 10.6 Å². The van der Waals surface area contributed by atoms with Gasteiger partial charge in [0.2, 0.25) is 5.91 Å². The smallest absolute Gasteiger partial charge is 0.241 e. The summed E-state index contributed by atoms with van der Waals surface area (Å²) in [6.45, 7) is 2.87. The van der Waals surface area contributed by atoms with E-state index in [4.69, 9.17) is 0 Å². The molecule has 2 heterocycles. The third-order valence-electron chi connectivity index (χ3n) is 2.66. The molecule has 1 fully saturated rings. The fourth-order valence-corrected chi connectivity index (χ4v) is 1.98. The Bertz CT molecular complexity index is 402. The predicted octanol–water partition coefficient (Wildman–Crippen LogP) is 1.84. The number of amides is 1. The summed E-state index contributed by atoms with van der Waals surface area (Å²) in [4.78, 5) is 15.9. The zero-order valence-corrected chi connectivity index (χ0v) is 10.7. The highest BCUT2D eigenvalue weighted by atomic mass is 79.9. The zero-order chi connectivity index (χ0) is 11.5. The van der Waals surface area contributed by atoms with E-state index in [2.05, 4.69) is 31.5 Å². The monoisotopic (exact) mass is 283 g/mol. The Hall–Kier alpha value is -0.940. The molecule has 1 atom stereocenters. The van der Waals surface area contributed by atoms with Crippen molar-refractivity contribution in [3.05, 3.63) is 22.4 Å². The molecule has 1 aromatic heterocycles. The minimum absolute atomic E-state index is 0.0287. The number of pyridine rings is 1. The maximum atomic E-state index is 11.8. The normalized spacial score (nSPS) is 19.8. The van der Waals surface area contributed by atoms with Crippen LogP contribution in [-0.4, -0.2) is 23.5 Å². The van der Waals surface area contributed by atoms with Gasteiger partial charge in [-0.2, -0.15) is 0 Å². The molecular weight excluding hydrogens is 270 g/mol. The summed E-state index contributed by atoms with van der Waals surface area (Å²) in [5, 5.41) is 6.03. The number of anilines is 1. The van der Waals surface area contributed by atoms with Crippen molar-refractivity contribution >= 4 is 27.5 Å². The van der Waals surface area contributed by atoms with Gasteiger partial charge >= 0.3 is 0 Å². The number of rotatable bonds is 2. The molecular formula is C11H14BrN3O. The Morgan fingerprint density at radius 2 is 2.50 bits per heavy atom. The molecule has 1 saturated heterocycles. The van der Waals surface area contributed by atoms with Crippen molar-refractivity contribution in [1.82, 2.24) is 10.3 Å². The predicted molar refractivity (Wildman–Crippen MR) is 66.3 cm³/mol. The van der Waals surface area contributed by atoms with E-state index in [1.165, 1.54) is 0 Å². The van der Waals surface area contributed by atoms with Crippen LogP contribution in [0.1, 0.15) is 18.4 Å². The molecule has 0 bridgehead atoms. The van der Waals surface area contributed by atoms with Crippen LogP contribution in [0.2, 0.25) is 0 Å². The molecule has 86 valence electrons. The second-order valence-electron chi connectivity index (χ2n) is 3.97. The quantitative estimate of drug-likeness (QED) is 0.815. The van der Waals surface area contributed by atoms with Crippen molar-refractivity contribution in [3.63, 3.8) is 0 Å². The van der Waals surface area contributed by atoms with E-state index in [-0.39, 0.29) is 11.9 Å². The summed E-state index contributed by atoms with van der Waals surface area (Å²) in [6.07, 6.45) is 3.63. The zero-order valence-electron chi connectivity index (χ0n) is 9.09. The number of halogens is 1. The van der Waals surface area contributed by atoms with Crippen molar-refractivity contribution in [2.75, 3.05) is 11.9 Å². The van der Waals surface area contributed by atoms with Crippen molar-refractivity contribution in [1.29, 1.82) is 0 Å². The van der Waals surface area contributed by atoms with E-state index in [1.54, 1.807) is 6.20 Å². The summed E-state index contributed by atoms with van der Waals surface area (Å²) in [6, 6.07) is 1.85. The number of nitrogens with one attached hydrogen (secondary N) is 2. The fraction of sp³-hybridized carbons (Fsp3) is 0.455. The van der Waals surface area contributed by atoms with Gasteiger partial charge in [0, 0.05) is 0 Å². The number of aryl methyl sites for hydroxylation is 1. The molecule has 5 heteroatoms. The summed E-state index contributed by atoms with van der Waals surface area (Å²) in [5.74, 6) is 0.0287. The van der Waals surface area contributed by atoms with Gasteiger partial charge in [0.15, 0.2) is 0 Å². The van der Waals surface area contributed by atoms with Crippen LogP contribution in [-0.2, 0) is 4.79 Å². The second kappa shape index (κ2) is 4.93. The van der Waals surface area contributed by atoms with Crippen molar-refractivity contribution in [2.45, 2.75) is 25.8 Å². The molecule has 2 rings (SSSR count). The standard InChI is InChI=1S/C11H14BrN3O/c1-7-5-8(6-14-10(7)12)15-11(16)9-3-2-4-13-9/h5-6,9,13H,2-4H2,1H3,(H,15,16)/t9-/m1/s1. The Labute approximate surface area is 103 Å². The SMILES string of the molecule is Cc1cc(NC(=O)[C@H]2CCCN2)cnc1Br. The average molecular weight is 284 g/mol. The Morgan fingerprint density at radius 1 is 1.69 bits per heavy atom. The van der Waals surface area contributed by atoms with Gasteiger partial charge in [-0.25, -0.2) is 4.98 Å². The fourth-order valence-electron chi connectivity index (χ4n) is 1.76. The van der Waals surface area contributed by atoms with E-state index in [9.17, 15) is 4.79 Å². The van der Waals surface area contributed by atoms with Crippen molar-refractivity contribution in [3.8, 4) is 0 Å². The molecule has 2 N–H and O–H groups in total. The Balaban J connectivity index is 2.02. The maximum absolute atomic E-state index is 11.8. The summed E-state index contributed by atoms with van der Waals surface area (Å²) in [7, 11) is 0. The average Bonchev–Trinajstić information content (AvgIpc) is 2.77. The molecule has 1 aromatic rings. The number of carbonyl (C=O) groups excluding carboxylic acids is 1. The highest BCUT2D eigenvalue weighted by Gasteiger charge is 2.21. The first-order chi connectivity index (χ1) is 7.66. The van der Waals surface area contributed by atoms with Crippen LogP contribution in [0.15, 0.2) is 16.9 Å². The van der Waals surface area contributed by atoms with Crippen molar-refractivity contribution in [2.24, 2.45) is 0 Å². The number of aromatic nitrogens is 1. The van der Waals surface area contributed by atoms with Gasteiger partial charge in [0.25, 0.3) is 0 Å². The van der Waals surface area contributed by atoms with Crippen molar-refractivity contribution < 1.29 is 4.79 Å². The molecule has 1 aliphatic rings. The first-order valence-electron chi connectivity index (χ1n) is 5.33. The minimum Gasteiger partial charge on any atom is -0.323 e. The summed E-state index contributed by atoms with van der Waals surface area (Å²) < 4.78 is 0.810. The van der Waals surface area contributed by atoms with Gasteiger partial charge in [-0.05, 0) is 53.9 Å². The van der Waals surface area contributed by atoms with E-state index in [0.717, 1.165) is 35.2 Å². The number of carbonyl (C=O) groups is 1. The van der Waals surface area contributed by atoms with Gasteiger partial charge in [-0.1, -0.05) is 0 Å². The number of hydrogen-bond acceptors (Lipinski definition) is 3. The lowest BCUT2D eigenvalue weighted by molar-refractivity contribution is -0.117. The topological polar surface area (TPSA) is 54.0 Å². The van der Waals surface area contributed by atoms with E-state index >= 15 is 0 Å². The third kappa shape index (κ3) is 2.59. The highest BCUT2D eigenvalue weighted by molar-refractivity contribution is 9.10. The van der Waals surface area contributed by atoms with E-state index in [0.29, 0.717) is 0 Å². The molecule has 0 spiro atoms. The van der Waals surface area contributed by atoms with Crippen LogP contribution in [0.5, 0.6) is 0 Å². The van der Waals surface area contributed by atoms with Crippen LogP contribution in [0.25, 0.3) is 0 Å². The van der Waals surface area contributed by atoms with Crippen LogP contribution in [0.4, 0.5) is 5.69 Å². The van der Waals surface area contributed by atoms with E-state index in [1.807, 2.05) is 13.0 Å². The van der Waals surface area contributed by atoms with Gasteiger partial charge in [-0.3, -0.25) is 4.79 Å². The molecule has 1 aliphatic heterocycles. The largest absolute Gasteiger partial charge is 0.323 e. The van der Waals surface area contributed by atoms with Gasteiger partial charge in [0.1, 0.15) is 4.60 Å². The lowest BCUT2D eigenvalue weighted by atomic mass is 10.2. The Morgan fingerprint density at radius 3 is 3.12 bits per heavy atom. The van der Waals surface area contributed by atoms with Crippen LogP contribution in [0, 0.1) is 6.92 Å². The maximum Gasteiger partial charge on any atom is 0.241 e. The molecule has 4 nitrogen and oxygen atoms in total. The Kier molecular flexibility index (Phi) is 3.56. The lowest BCUT2D eigenvalue weighted by Crippen LogP contribution is -2.35. The van der Waals surface area contributed by atoms with E-state index < -0.39 is 0 Å². The number of nitrogens with zero attached hydrogens (tertiary/aromatic N) is 1. The lowest BCUT2D eigenvalue weighted by Gasteiger charge is -2.11. The van der Waals surface area contributed by atoms with Gasteiger partial charge in [0.05, 0.1) is 17.9 Å². The molecule has 0 saturated carbocycles. The number of hydrogen-bond donors (Lipinski definition) is 2. The minimum atomic E-state index is -0.0519. The highest BCUT2D eigenvalue weighted by Crippen LogP contribution is 2.17. The third-order valence-corrected chi connectivity index (χ3v) is 3.49. The molecule has 0 radical (unpaired) electrons. The molecule has 0 unspecified atom stereocenters. The molecule has 1 amide bonds. The molecule has 0 aromatic carbocycles. The van der Waals surface area contributed by atoms with Crippen LogP contribution >= 0.6 is 15.9 Å².